The van der Waals surface area contributed by atoms with E-state index in [2.05, 4.69) is 15.5 Å². The maximum Gasteiger partial charge on any atom is 0.323 e. The molecule has 0 saturated carbocycles. The molecule has 1 aliphatic rings. The molecular formula is C26H33F2N3O4. The lowest BCUT2D eigenvalue weighted by Gasteiger charge is -2.33. The number of carbonyl (C=O) groups excluding carboxylic acids is 1. The number of carboxylic acids is 1. The molecule has 1 heterocycles. The zero-order chi connectivity index (χ0) is 25.5. The van der Waals surface area contributed by atoms with E-state index in [4.69, 9.17) is 4.74 Å². The summed E-state index contributed by atoms with van der Waals surface area (Å²) >= 11 is 0. The van der Waals surface area contributed by atoms with Gasteiger partial charge in [-0.25, -0.2) is 9.18 Å². The van der Waals surface area contributed by atoms with E-state index in [1.807, 2.05) is 26.0 Å². The molecule has 9 heteroatoms. The Balaban J connectivity index is 1.99. The molecule has 2 amide bonds. The fourth-order valence-electron chi connectivity index (χ4n) is 4.74. The van der Waals surface area contributed by atoms with E-state index in [1.54, 1.807) is 6.07 Å². The van der Waals surface area contributed by atoms with Gasteiger partial charge in [-0.1, -0.05) is 26.0 Å². The lowest BCUT2D eigenvalue weighted by atomic mass is 9.90. The highest BCUT2D eigenvalue weighted by molar-refractivity contribution is 6.03. The van der Waals surface area contributed by atoms with Crippen molar-refractivity contribution < 1.29 is 28.2 Å². The zero-order valence-corrected chi connectivity index (χ0v) is 20.3. The van der Waals surface area contributed by atoms with Gasteiger partial charge in [-0.15, -0.1) is 0 Å². The van der Waals surface area contributed by atoms with Crippen LogP contribution in [0.4, 0.5) is 30.6 Å². The van der Waals surface area contributed by atoms with E-state index < -0.39 is 24.5 Å². The van der Waals surface area contributed by atoms with Crippen LogP contribution in [0.2, 0.25) is 0 Å². The van der Waals surface area contributed by atoms with Crippen LogP contribution in [0.1, 0.15) is 51.0 Å². The van der Waals surface area contributed by atoms with Crippen LogP contribution in [0.5, 0.6) is 5.75 Å². The number of halogens is 2. The Labute approximate surface area is 204 Å². The van der Waals surface area contributed by atoms with E-state index in [1.165, 1.54) is 25.3 Å². The maximum atomic E-state index is 14.4. The summed E-state index contributed by atoms with van der Waals surface area (Å²) < 4.78 is 33.0. The van der Waals surface area contributed by atoms with Gasteiger partial charge in [-0.3, -0.25) is 9.18 Å². The fraction of sp³-hybridized carbons (Fsp3) is 0.462. The van der Waals surface area contributed by atoms with Gasteiger partial charge in [0.25, 0.3) is 0 Å². The minimum Gasteiger partial charge on any atom is -0.497 e. The molecule has 1 fully saturated rings. The molecule has 1 aliphatic heterocycles. The van der Waals surface area contributed by atoms with E-state index >= 15 is 0 Å². The van der Waals surface area contributed by atoms with Crippen molar-refractivity contribution in [1.82, 2.24) is 0 Å². The molecule has 2 aromatic rings. The van der Waals surface area contributed by atoms with Gasteiger partial charge in [0.1, 0.15) is 11.6 Å². The molecule has 3 atom stereocenters. The Bertz CT molecular complexity index is 1050. The smallest absolute Gasteiger partial charge is 0.323 e. The molecular weight excluding hydrogens is 456 g/mol. The molecule has 190 valence electrons. The highest BCUT2D eigenvalue weighted by Gasteiger charge is 2.32. The Morgan fingerprint density at radius 1 is 1.26 bits per heavy atom. The summed E-state index contributed by atoms with van der Waals surface area (Å²) in [5.41, 5.74) is 1.82. The minimum absolute atomic E-state index is 0.0231. The van der Waals surface area contributed by atoms with Crippen molar-refractivity contribution in [3.8, 4) is 5.75 Å². The van der Waals surface area contributed by atoms with Crippen molar-refractivity contribution in [1.29, 1.82) is 0 Å². The Kier molecular flexibility index (Phi) is 8.89. The molecule has 3 rings (SSSR count). The second-order valence-electron chi connectivity index (χ2n) is 8.90. The van der Waals surface area contributed by atoms with Gasteiger partial charge in [-0.2, -0.15) is 0 Å². The Morgan fingerprint density at radius 2 is 2.03 bits per heavy atom. The van der Waals surface area contributed by atoms with Crippen molar-refractivity contribution in [2.75, 3.05) is 35.9 Å². The first-order valence-corrected chi connectivity index (χ1v) is 11.9. The number of nitrogens with zero attached hydrogens (tertiary/aromatic N) is 1. The standard InChI is InChI=1S/C26H33F2N3O4/c1-4-17(13-24(32)33)19-7-5-8-23(31-12-6-9-22(31)16(2)15-27)25(19)30-26(34)29-21-11-10-18(35-3)14-20(21)28/h5,7-8,10-11,14,16-17,22H,4,6,9,12-13,15H2,1-3H3,(H,32,33)(H2,29,30,34)/t16-,17+,22+/m1/s1. The van der Waals surface area contributed by atoms with Crippen LogP contribution in [0.3, 0.4) is 0 Å². The van der Waals surface area contributed by atoms with Gasteiger partial charge in [-0.05, 0) is 48.9 Å². The maximum absolute atomic E-state index is 14.4. The molecule has 0 unspecified atom stereocenters. The van der Waals surface area contributed by atoms with E-state index in [9.17, 15) is 23.5 Å². The predicted octanol–water partition coefficient (Wildman–Crippen LogP) is 6.02. The quantitative estimate of drug-likeness (QED) is 0.380. The number of carbonyl (C=O) groups is 2. The third-order valence-electron chi connectivity index (χ3n) is 6.60. The number of anilines is 3. The van der Waals surface area contributed by atoms with Crippen LogP contribution in [0, 0.1) is 11.7 Å². The lowest BCUT2D eigenvalue weighted by molar-refractivity contribution is -0.137. The van der Waals surface area contributed by atoms with Crippen LogP contribution in [0.15, 0.2) is 36.4 Å². The topological polar surface area (TPSA) is 90.9 Å². The summed E-state index contributed by atoms with van der Waals surface area (Å²) in [6.45, 7) is 3.98. The normalized spacial score (nSPS) is 17.1. The Morgan fingerprint density at radius 3 is 2.66 bits per heavy atom. The monoisotopic (exact) mass is 489 g/mol. The molecule has 0 aliphatic carbocycles. The first-order valence-electron chi connectivity index (χ1n) is 11.9. The second kappa shape index (κ2) is 11.9. The van der Waals surface area contributed by atoms with Gasteiger partial charge in [0.05, 0.1) is 37.3 Å². The predicted molar refractivity (Wildman–Crippen MR) is 133 cm³/mol. The highest BCUT2D eigenvalue weighted by Crippen LogP contribution is 2.41. The molecule has 0 bridgehead atoms. The second-order valence-corrected chi connectivity index (χ2v) is 8.90. The number of aliphatic carboxylic acids is 1. The number of amides is 2. The van der Waals surface area contributed by atoms with Crippen LogP contribution in [-0.2, 0) is 4.79 Å². The summed E-state index contributed by atoms with van der Waals surface area (Å²) in [7, 11) is 1.42. The zero-order valence-electron chi connectivity index (χ0n) is 20.3. The molecule has 0 radical (unpaired) electrons. The summed E-state index contributed by atoms with van der Waals surface area (Å²) in [5, 5.41) is 14.8. The molecule has 3 N–H and O–H groups in total. The van der Waals surface area contributed by atoms with Crippen molar-refractivity contribution in [2.45, 2.75) is 51.5 Å². The van der Waals surface area contributed by atoms with Crippen LogP contribution in [0.25, 0.3) is 0 Å². The van der Waals surface area contributed by atoms with Crippen LogP contribution < -0.4 is 20.3 Å². The minimum atomic E-state index is -0.942. The third-order valence-corrected chi connectivity index (χ3v) is 6.60. The number of hydrogen-bond acceptors (Lipinski definition) is 4. The van der Waals surface area contributed by atoms with Crippen LogP contribution in [-0.4, -0.2) is 43.5 Å². The van der Waals surface area contributed by atoms with Gasteiger partial charge in [0.15, 0.2) is 0 Å². The number of hydrogen-bond donors (Lipinski definition) is 3. The summed E-state index contributed by atoms with van der Waals surface area (Å²) in [4.78, 5) is 26.6. The first kappa shape index (κ1) is 26.2. The van der Waals surface area contributed by atoms with Gasteiger partial charge >= 0.3 is 12.0 Å². The van der Waals surface area contributed by atoms with Crippen LogP contribution >= 0.6 is 0 Å². The van der Waals surface area contributed by atoms with Crippen molar-refractivity contribution >= 4 is 29.1 Å². The fourth-order valence-corrected chi connectivity index (χ4v) is 4.74. The number of urea groups is 1. The lowest BCUT2D eigenvalue weighted by Crippen LogP contribution is -2.36. The number of nitrogens with one attached hydrogen (secondary N) is 2. The molecule has 0 aromatic heterocycles. The number of carboxylic acid groups (broad SMARTS) is 1. The molecule has 0 spiro atoms. The number of ether oxygens (including phenoxy) is 1. The average molecular weight is 490 g/mol. The largest absolute Gasteiger partial charge is 0.497 e. The first-order chi connectivity index (χ1) is 16.8. The molecule has 1 saturated heterocycles. The third kappa shape index (κ3) is 6.21. The number of benzene rings is 2. The van der Waals surface area contributed by atoms with Crippen molar-refractivity contribution in [3.05, 3.63) is 47.8 Å². The SMILES string of the molecule is CC[C@@H](CC(=O)O)c1cccc(N2CCC[C@H]2[C@H](C)CF)c1NC(=O)Nc1ccc(OC)cc1F. The molecule has 2 aromatic carbocycles. The Hall–Kier alpha value is -3.36. The highest BCUT2D eigenvalue weighted by atomic mass is 19.1. The van der Waals surface area contributed by atoms with E-state index in [0.29, 0.717) is 35.7 Å². The van der Waals surface area contributed by atoms with Gasteiger partial charge in [0.2, 0.25) is 0 Å². The van der Waals surface area contributed by atoms with E-state index in [-0.39, 0.29) is 30.0 Å². The number of methoxy groups -OCH3 is 1. The van der Waals surface area contributed by atoms with Crippen molar-refractivity contribution in [2.24, 2.45) is 5.92 Å². The average Bonchev–Trinajstić information content (AvgIpc) is 3.33. The number of para-hydroxylation sites is 1. The molecule has 35 heavy (non-hydrogen) atoms. The number of alkyl halides is 1. The summed E-state index contributed by atoms with van der Waals surface area (Å²) in [6, 6.07) is 8.88. The van der Waals surface area contributed by atoms with E-state index in [0.717, 1.165) is 12.8 Å². The van der Waals surface area contributed by atoms with Crippen molar-refractivity contribution in [3.63, 3.8) is 0 Å². The van der Waals surface area contributed by atoms with Gasteiger partial charge < -0.3 is 25.4 Å². The van der Waals surface area contributed by atoms with Gasteiger partial charge in [0, 0.05) is 24.6 Å². The molecule has 7 nitrogen and oxygen atoms in total. The number of rotatable bonds is 10. The summed E-state index contributed by atoms with van der Waals surface area (Å²) in [6.07, 6.45) is 2.15. The summed E-state index contributed by atoms with van der Waals surface area (Å²) in [5.74, 6) is -1.82.